The number of methoxy groups -OCH3 is 1. The van der Waals surface area contributed by atoms with E-state index in [0.717, 1.165) is 15.6 Å². The van der Waals surface area contributed by atoms with Crippen LogP contribution >= 0.6 is 15.9 Å². The number of pyridine rings is 1. The summed E-state index contributed by atoms with van der Waals surface area (Å²) in [7, 11) is 1.42. The van der Waals surface area contributed by atoms with Crippen LogP contribution in [-0.2, 0) is 0 Å². The minimum Gasteiger partial charge on any atom is -0.494 e. The maximum Gasteiger partial charge on any atom is 0.339 e. The second-order valence-electron chi connectivity index (χ2n) is 4.03. The van der Waals surface area contributed by atoms with Crippen molar-refractivity contribution >= 4 is 21.9 Å². The normalized spacial score (nSPS) is 10.3. The van der Waals surface area contributed by atoms with Crippen LogP contribution in [0.4, 0.5) is 0 Å². The van der Waals surface area contributed by atoms with Crippen LogP contribution in [0.3, 0.4) is 0 Å². The molecule has 0 atom stereocenters. The fourth-order valence-electron chi connectivity index (χ4n) is 1.79. The van der Waals surface area contributed by atoms with Crippen molar-refractivity contribution in [3.8, 4) is 17.0 Å². The van der Waals surface area contributed by atoms with Gasteiger partial charge in [-0.05, 0) is 30.7 Å². The van der Waals surface area contributed by atoms with Crippen LogP contribution in [0.5, 0.6) is 5.75 Å². The van der Waals surface area contributed by atoms with Gasteiger partial charge in [0.25, 0.3) is 0 Å². The van der Waals surface area contributed by atoms with Gasteiger partial charge >= 0.3 is 5.97 Å². The van der Waals surface area contributed by atoms with E-state index < -0.39 is 5.97 Å². The molecule has 1 aromatic carbocycles. The number of ether oxygens (including phenoxy) is 1. The number of hydrogen-bond acceptors (Lipinski definition) is 3. The smallest absolute Gasteiger partial charge is 0.339 e. The van der Waals surface area contributed by atoms with E-state index in [2.05, 4.69) is 20.9 Å². The monoisotopic (exact) mass is 321 g/mol. The predicted octanol–water partition coefficient (Wildman–Crippen LogP) is 3.53. The molecule has 0 radical (unpaired) electrons. The van der Waals surface area contributed by atoms with Crippen molar-refractivity contribution in [1.82, 2.24) is 4.98 Å². The summed E-state index contributed by atoms with van der Waals surface area (Å²) in [5, 5.41) is 9.17. The van der Waals surface area contributed by atoms with E-state index >= 15 is 0 Å². The van der Waals surface area contributed by atoms with Crippen LogP contribution in [0.25, 0.3) is 11.3 Å². The highest BCUT2D eigenvalue weighted by molar-refractivity contribution is 9.10. The first-order chi connectivity index (χ1) is 9.02. The quantitative estimate of drug-likeness (QED) is 0.939. The van der Waals surface area contributed by atoms with Crippen LogP contribution in [0.15, 0.2) is 34.9 Å². The third-order valence-electron chi connectivity index (χ3n) is 2.79. The number of carboxylic acids is 1. The van der Waals surface area contributed by atoms with Gasteiger partial charge in [-0.15, -0.1) is 0 Å². The zero-order valence-electron chi connectivity index (χ0n) is 10.5. The summed E-state index contributed by atoms with van der Waals surface area (Å²) < 4.78 is 5.92. The van der Waals surface area contributed by atoms with Gasteiger partial charge < -0.3 is 9.84 Å². The summed E-state index contributed by atoms with van der Waals surface area (Å²) in [5.74, 6) is -0.781. The summed E-state index contributed by atoms with van der Waals surface area (Å²) >= 11 is 3.40. The van der Waals surface area contributed by atoms with Crippen LogP contribution in [0.1, 0.15) is 15.9 Å². The van der Waals surface area contributed by atoms with Crippen molar-refractivity contribution in [2.45, 2.75) is 6.92 Å². The van der Waals surface area contributed by atoms with Crippen molar-refractivity contribution in [3.63, 3.8) is 0 Å². The van der Waals surface area contributed by atoms with Gasteiger partial charge in [0.1, 0.15) is 5.56 Å². The molecule has 0 saturated carbocycles. The minimum absolute atomic E-state index is 0.104. The van der Waals surface area contributed by atoms with E-state index in [1.54, 1.807) is 0 Å². The third kappa shape index (κ3) is 2.76. The average molecular weight is 322 g/mol. The molecule has 0 bridgehead atoms. The van der Waals surface area contributed by atoms with E-state index in [9.17, 15) is 9.90 Å². The summed E-state index contributed by atoms with van der Waals surface area (Å²) in [6.07, 6.45) is 1.43. The molecule has 5 heteroatoms. The highest BCUT2D eigenvalue weighted by atomic mass is 79.9. The summed E-state index contributed by atoms with van der Waals surface area (Å²) in [4.78, 5) is 15.5. The van der Waals surface area contributed by atoms with Crippen molar-refractivity contribution < 1.29 is 14.6 Å². The highest BCUT2D eigenvalue weighted by Crippen LogP contribution is 2.28. The van der Waals surface area contributed by atoms with Crippen LogP contribution in [0, 0.1) is 6.92 Å². The van der Waals surface area contributed by atoms with Gasteiger partial charge in [-0.2, -0.15) is 0 Å². The lowest BCUT2D eigenvalue weighted by Crippen LogP contribution is -2.02. The molecule has 0 aliphatic carbocycles. The number of nitrogens with zero attached hydrogens (tertiary/aromatic N) is 1. The molecule has 0 saturated heterocycles. The lowest BCUT2D eigenvalue weighted by Gasteiger charge is -2.09. The largest absolute Gasteiger partial charge is 0.494 e. The maximum atomic E-state index is 11.2. The van der Waals surface area contributed by atoms with Crippen molar-refractivity contribution in [2.24, 2.45) is 0 Å². The number of hydrogen-bond donors (Lipinski definition) is 1. The molecule has 0 amide bonds. The van der Waals surface area contributed by atoms with Gasteiger partial charge in [-0.1, -0.05) is 22.0 Å². The van der Waals surface area contributed by atoms with Crippen LogP contribution < -0.4 is 4.74 Å². The molecule has 2 rings (SSSR count). The maximum absolute atomic E-state index is 11.2. The Morgan fingerprint density at radius 2 is 2.11 bits per heavy atom. The molecule has 0 unspecified atom stereocenters. The van der Waals surface area contributed by atoms with E-state index in [-0.39, 0.29) is 11.3 Å². The number of rotatable bonds is 3. The molecule has 0 aliphatic heterocycles. The first-order valence-corrected chi connectivity index (χ1v) is 6.36. The Labute approximate surface area is 119 Å². The molecule has 1 N–H and O–H groups in total. The van der Waals surface area contributed by atoms with E-state index in [1.165, 1.54) is 19.4 Å². The van der Waals surface area contributed by atoms with Gasteiger partial charge in [-0.25, -0.2) is 4.79 Å². The summed E-state index contributed by atoms with van der Waals surface area (Å²) in [6, 6.07) is 7.32. The first kappa shape index (κ1) is 13.5. The first-order valence-electron chi connectivity index (χ1n) is 5.56. The Morgan fingerprint density at radius 1 is 1.37 bits per heavy atom. The number of benzene rings is 1. The summed E-state index contributed by atoms with van der Waals surface area (Å²) in [5.41, 5.74) is 2.63. The van der Waals surface area contributed by atoms with Crippen molar-refractivity contribution in [3.05, 3.63) is 46.1 Å². The molecule has 0 fully saturated rings. The van der Waals surface area contributed by atoms with Crippen molar-refractivity contribution in [1.29, 1.82) is 0 Å². The standard InChI is InChI=1S/C14H12BrNO3/c1-8-3-4-9(15)5-10(8)12-6-11(14(17)18)13(19-2)7-16-12/h3-7H,1-2H3,(H,17,18). The van der Waals surface area contributed by atoms with Gasteiger partial charge in [0.15, 0.2) is 5.75 Å². The number of carbonyl (C=O) groups is 1. The molecule has 1 aromatic heterocycles. The Hall–Kier alpha value is -1.88. The van der Waals surface area contributed by atoms with Gasteiger partial charge in [0.05, 0.1) is 19.0 Å². The summed E-state index contributed by atoms with van der Waals surface area (Å²) in [6.45, 7) is 1.95. The van der Waals surface area contributed by atoms with Crippen molar-refractivity contribution in [2.75, 3.05) is 7.11 Å². The van der Waals surface area contributed by atoms with Gasteiger partial charge in [-0.3, -0.25) is 4.98 Å². The lowest BCUT2D eigenvalue weighted by atomic mass is 10.0. The fourth-order valence-corrected chi connectivity index (χ4v) is 2.15. The molecule has 0 aliphatic rings. The topological polar surface area (TPSA) is 59.4 Å². The van der Waals surface area contributed by atoms with E-state index in [4.69, 9.17) is 4.74 Å². The fraction of sp³-hybridized carbons (Fsp3) is 0.143. The average Bonchev–Trinajstić information content (AvgIpc) is 2.40. The zero-order valence-corrected chi connectivity index (χ0v) is 12.1. The SMILES string of the molecule is COc1cnc(-c2cc(Br)ccc2C)cc1C(=O)O. The highest BCUT2D eigenvalue weighted by Gasteiger charge is 2.14. The number of aromatic nitrogens is 1. The van der Waals surface area contributed by atoms with E-state index in [0.29, 0.717) is 5.69 Å². The Bertz CT molecular complexity index is 641. The molecular formula is C14H12BrNO3. The zero-order chi connectivity index (χ0) is 14.0. The molecule has 2 aromatic rings. The number of aryl methyl sites for hydroxylation is 1. The minimum atomic E-state index is -1.03. The Kier molecular flexibility index (Phi) is 3.85. The molecular weight excluding hydrogens is 310 g/mol. The van der Waals surface area contributed by atoms with Crippen LogP contribution in [0.2, 0.25) is 0 Å². The lowest BCUT2D eigenvalue weighted by molar-refractivity contribution is 0.0693. The predicted molar refractivity (Wildman–Crippen MR) is 75.6 cm³/mol. The second-order valence-corrected chi connectivity index (χ2v) is 4.95. The van der Waals surface area contributed by atoms with E-state index in [1.807, 2.05) is 25.1 Å². The Morgan fingerprint density at radius 3 is 2.74 bits per heavy atom. The second kappa shape index (κ2) is 5.40. The van der Waals surface area contributed by atoms with Gasteiger partial charge in [0, 0.05) is 10.0 Å². The Balaban J connectivity index is 2.60. The van der Waals surface area contributed by atoms with Gasteiger partial charge in [0.2, 0.25) is 0 Å². The number of halogens is 1. The molecule has 98 valence electrons. The molecule has 19 heavy (non-hydrogen) atoms. The number of aromatic carboxylic acids is 1. The molecule has 0 spiro atoms. The molecule has 1 heterocycles. The number of carboxylic acid groups (broad SMARTS) is 1. The van der Waals surface area contributed by atoms with Crippen LogP contribution in [-0.4, -0.2) is 23.2 Å². The third-order valence-corrected chi connectivity index (χ3v) is 3.29. The molecule has 4 nitrogen and oxygen atoms in total.